The lowest BCUT2D eigenvalue weighted by Gasteiger charge is -2.33. The first-order chi connectivity index (χ1) is 9.90. The molecule has 0 radical (unpaired) electrons. The van der Waals surface area contributed by atoms with Gasteiger partial charge in [-0.1, -0.05) is 24.3 Å². The maximum Gasteiger partial charge on any atom is 0.0939 e. The molecule has 0 aromatic heterocycles. The largest absolute Gasteiger partial charge is 0.334 e. The van der Waals surface area contributed by atoms with E-state index in [9.17, 15) is 0 Å². The van der Waals surface area contributed by atoms with Crippen molar-refractivity contribution in [3.8, 4) is 0 Å². The fourth-order valence-electron chi connectivity index (χ4n) is 3.61. The van der Waals surface area contributed by atoms with Crippen LogP contribution in [0.25, 0.3) is 0 Å². The average Bonchev–Trinajstić information content (AvgIpc) is 2.86. The molecule has 0 amide bonds. The smallest absolute Gasteiger partial charge is 0.0939 e. The lowest BCUT2D eigenvalue weighted by molar-refractivity contribution is 0.659. The summed E-state index contributed by atoms with van der Waals surface area (Å²) in [4.78, 5) is 9.90. The van der Waals surface area contributed by atoms with Crippen LogP contribution in [0.15, 0.2) is 48.5 Å². The quantitative estimate of drug-likeness (QED) is 0.724. The number of benzene rings is 2. The van der Waals surface area contributed by atoms with Gasteiger partial charge in [-0.25, -0.2) is 0 Å². The fourth-order valence-corrected chi connectivity index (χ4v) is 3.61. The Morgan fingerprint density at radius 2 is 0.700 bits per heavy atom. The summed E-state index contributed by atoms with van der Waals surface area (Å²) in [5, 5.41) is 0. The van der Waals surface area contributed by atoms with Gasteiger partial charge < -0.3 is 19.6 Å². The van der Waals surface area contributed by atoms with E-state index >= 15 is 0 Å². The highest BCUT2D eigenvalue weighted by molar-refractivity contribution is 5.82. The molecule has 100 valence electrons. The molecule has 4 aliphatic heterocycles. The van der Waals surface area contributed by atoms with Gasteiger partial charge in [0.25, 0.3) is 0 Å². The van der Waals surface area contributed by atoms with Gasteiger partial charge in [-0.05, 0) is 24.3 Å². The van der Waals surface area contributed by atoms with Crippen LogP contribution >= 0.6 is 0 Å². The maximum absolute atomic E-state index is 2.47. The molecule has 4 bridgehead atoms. The van der Waals surface area contributed by atoms with E-state index < -0.39 is 0 Å². The number of anilines is 4. The van der Waals surface area contributed by atoms with Crippen molar-refractivity contribution in [3.05, 3.63) is 48.5 Å². The molecule has 2 aromatic carbocycles. The molecule has 0 unspecified atom stereocenters. The second-order valence-electron chi connectivity index (χ2n) is 5.70. The zero-order chi connectivity index (χ0) is 13.1. The van der Waals surface area contributed by atoms with Crippen molar-refractivity contribution < 1.29 is 0 Å². The average molecular weight is 264 g/mol. The minimum absolute atomic E-state index is 0.959. The van der Waals surface area contributed by atoms with Crippen molar-refractivity contribution in [1.29, 1.82) is 0 Å². The van der Waals surface area contributed by atoms with Crippen LogP contribution < -0.4 is 19.6 Å². The summed E-state index contributed by atoms with van der Waals surface area (Å²) < 4.78 is 0. The van der Waals surface area contributed by atoms with Gasteiger partial charge in [0.2, 0.25) is 0 Å². The van der Waals surface area contributed by atoms with E-state index in [1.807, 2.05) is 0 Å². The van der Waals surface area contributed by atoms with Gasteiger partial charge in [0, 0.05) is 0 Å². The third kappa shape index (κ3) is 1.26. The summed E-state index contributed by atoms with van der Waals surface area (Å²) in [6.45, 7) is 3.84. The Morgan fingerprint density at radius 3 is 0.950 bits per heavy atom. The van der Waals surface area contributed by atoms with Gasteiger partial charge in [0.05, 0.1) is 49.4 Å². The van der Waals surface area contributed by atoms with Gasteiger partial charge in [0.1, 0.15) is 0 Å². The molecule has 0 saturated carbocycles. The minimum Gasteiger partial charge on any atom is -0.334 e. The number of para-hydroxylation sites is 4. The van der Waals surface area contributed by atoms with E-state index in [1.54, 1.807) is 0 Å². The van der Waals surface area contributed by atoms with Crippen LogP contribution in [0.3, 0.4) is 0 Å². The first-order valence-electron chi connectivity index (χ1n) is 7.08. The van der Waals surface area contributed by atoms with Crippen molar-refractivity contribution in [2.75, 3.05) is 46.3 Å². The Bertz CT molecular complexity index is 558. The fraction of sp³-hybridized carbons (Fsp3) is 0.250. The second kappa shape index (κ2) is 3.60. The molecule has 4 heterocycles. The standard InChI is InChI=1S/C16H16N4/c1-2-6-14-13(5-1)17-9-19-11-18(14)12-20(10-17)16-8-4-3-7-15(16)19/h1-8H,9-12H2. The predicted molar refractivity (Wildman–Crippen MR) is 82.3 cm³/mol. The lowest BCUT2D eigenvalue weighted by Crippen LogP contribution is -2.48. The summed E-state index contributed by atoms with van der Waals surface area (Å²) in [5.74, 6) is 0. The molecule has 20 heavy (non-hydrogen) atoms. The van der Waals surface area contributed by atoms with Crippen LogP contribution in [0.2, 0.25) is 0 Å². The van der Waals surface area contributed by atoms with Crippen molar-refractivity contribution in [3.63, 3.8) is 0 Å². The molecule has 0 spiro atoms. The summed E-state index contributed by atoms with van der Waals surface area (Å²) in [7, 11) is 0. The van der Waals surface area contributed by atoms with Crippen molar-refractivity contribution in [2.24, 2.45) is 0 Å². The molecule has 4 heteroatoms. The van der Waals surface area contributed by atoms with Gasteiger partial charge in [0.15, 0.2) is 0 Å². The summed E-state index contributed by atoms with van der Waals surface area (Å²) in [5.41, 5.74) is 5.41. The van der Waals surface area contributed by atoms with E-state index in [-0.39, 0.29) is 0 Å². The highest BCUT2D eigenvalue weighted by atomic mass is 15.5. The highest BCUT2D eigenvalue weighted by Gasteiger charge is 2.35. The normalized spacial score (nSPS) is 18.8. The Kier molecular flexibility index (Phi) is 1.88. The predicted octanol–water partition coefficient (Wildman–Crippen LogP) is 2.48. The summed E-state index contributed by atoms with van der Waals surface area (Å²) in [6, 6.07) is 17.5. The summed E-state index contributed by atoms with van der Waals surface area (Å²) in [6.07, 6.45) is 0. The van der Waals surface area contributed by atoms with Crippen LogP contribution in [0.1, 0.15) is 0 Å². The van der Waals surface area contributed by atoms with E-state index in [2.05, 4.69) is 68.1 Å². The van der Waals surface area contributed by atoms with Crippen LogP contribution in [-0.4, -0.2) is 26.7 Å². The van der Waals surface area contributed by atoms with Crippen molar-refractivity contribution in [2.45, 2.75) is 0 Å². The monoisotopic (exact) mass is 264 g/mol. The number of nitrogens with zero attached hydrogens (tertiary/aromatic N) is 4. The molecular weight excluding hydrogens is 248 g/mol. The van der Waals surface area contributed by atoms with E-state index in [1.165, 1.54) is 22.7 Å². The van der Waals surface area contributed by atoms with E-state index in [0.29, 0.717) is 0 Å². The minimum atomic E-state index is 0.959. The topological polar surface area (TPSA) is 13.0 Å². The molecule has 0 aliphatic carbocycles. The van der Waals surface area contributed by atoms with Gasteiger partial charge >= 0.3 is 0 Å². The molecular formula is C16H16N4. The third-order valence-electron chi connectivity index (χ3n) is 4.49. The Balaban J connectivity index is 1.75. The molecule has 0 N–H and O–H groups in total. The zero-order valence-corrected chi connectivity index (χ0v) is 11.2. The first kappa shape index (κ1) is 10.4. The molecule has 0 saturated heterocycles. The summed E-state index contributed by atoms with van der Waals surface area (Å²) >= 11 is 0. The number of rotatable bonds is 0. The van der Waals surface area contributed by atoms with Crippen LogP contribution in [0.5, 0.6) is 0 Å². The molecule has 4 nitrogen and oxygen atoms in total. The van der Waals surface area contributed by atoms with E-state index in [4.69, 9.17) is 0 Å². The Labute approximate surface area is 118 Å². The molecule has 0 atom stereocenters. The lowest BCUT2D eigenvalue weighted by atomic mass is 10.2. The molecule has 2 aromatic rings. The Hall–Kier alpha value is -2.36. The van der Waals surface area contributed by atoms with Crippen LogP contribution in [0.4, 0.5) is 22.7 Å². The second-order valence-corrected chi connectivity index (χ2v) is 5.70. The van der Waals surface area contributed by atoms with Gasteiger partial charge in [-0.15, -0.1) is 0 Å². The molecule has 0 fully saturated rings. The molecule has 6 rings (SSSR count). The molecule has 4 aliphatic rings. The Morgan fingerprint density at radius 1 is 0.450 bits per heavy atom. The SMILES string of the molecule is c1ccc2c(c1)N1CN3CN2CN(C1)c1ccccc13. The van der Waals surface area contributed by atoms with E-state index in [0.717, 1.165) is 26.7 Å². The zero-order valence-electron chi connectivity index (χ0n) is 11.2. The van der Waals surface area contributed by atoms with Crippen LogP contribution in [-0.2, 0) is 0 Å². The third-order valence-corrected chi connectivity index (χ3v) is 4.49. The maximum atomic E-state index is 2.47. The van der Waals surface area contributed by atoms with Gasteiger partial charge in [-0.3, -0.25) is 0 Å². The number of hydrogen-bond donors (Lipinski definition) is 0. The first-order valence-corrected chi connectivity index (χ1v) is 7.08. The van der Waals surface area contributed by atoms with Gasteiger partial charge in [-0.2, -0.15) is 0 Å². The van der Waals surface area contributed by atoms with Crippen molar-refractivity contribution in [1.82, 2.24) is 0 Å². The van der Waals surface area contributed by atoms with Crippen molar-refractivity contribution >= 4 is 22.7 Å². The number of hydrogen-bond acceptors (Lipinski definition) is 4. The highest BCUT2D eigenvalue weighted by Crippen LogP contribution is 2.42. The van der Waals surface area contributed by atoms with Crippen LogP contribution in [0, 0.1) is 0 Å².